The minimum Gasteiger partial charge on any atom is -0.489 e. The minimum absolute atomic E-state index is 0.491. The lowest BCUT2D eigenvalue weighted by Gasteiger charge is -2.12. The summed E-state index contributed by atoms with van der Waals surface area (Å²) < 4.78 is 18.1. The minimum atomic E-state index is 0.491. The van der Waals surface area contributed by atoms with E-state index < -0.39 is 0 Å². The molecule has 1 heterocycles. The highest BCUT2D eigenvalue weighted by molar-refractivity contribution is 5.91. The molecule has 0 spiro atoms. The summed E-state index contributed by atoms with van der Waals surface area (Å²) in [6.07, 6.45) is 0. The second-order valence-electron chi connectivity index (χ2n) is 6.85. The van der Waals surface area contributed by atoms with E-state index in [9.17, 15) is 0 Å². The average Bonchev–Trinajstić information content (AvgIpc) is 2.71. The summed E-state index contributed by atoms with van der Waals surface area (Å²) in [5.41, 5.74) is 2.25. The molecule has 0 radical (unpaired) electrons. The maximum atomic E-state index is 6.18. The van der Waals surface area contributed by atoms with Gasteiger partial charge in [0.25, 0.3) is 0 Å². The molecule has 0 aliphatic heterocycles. The lowest BCUT2D eigenvalue weighted by atomic mass is 10.1. The van der Waals surface area contributed by atoms with Crippen molar-refractivity contribution in [3.63, 3.8) is 0 Å². The van der Waals surface area contributed by atoms with Crippen LogP contribution < -0.4 is 9.47 Å². The first-order valence-corrected chi connectivity index (χ1v) is 9.40. The van der Waals surface area contributed by atoms with E-state index in [1.165, 1.54) is 0 Å². The van der Waals surface area contributed by atoms with E-state index in [1.54, 1.807) is 0 Å². The van der Waals surface area contributed by atoms with Crippen LogP contribution in [0.5, 0.6) is 11.5 Å². The molecular formula is C25H23O3+. The van der Waals surface area contributed by atoms with Crippen LogP contribution in [-0.2, 0) is 13.2 Å². The Labute approximate surface area is 165 Å². The first kappa shape index (κ1) is 18.1. The van der Waals surface area contributed by atoms with Crippen LogP contribution in [0.1, 0.15) is 22.6 Å². The van der Waals surface area contributed by atoms with Crippen molar-refractivity contribution < 1.29 is 13.9 Å². The van der Waals surface area contributed by atoms with Crippen molar-refractivity contribution in [2.45, 2.75) is 27.1 Å². The molecule has 28 heavy (non-hydrogen) atoms. The Kier molecular flexibility index (Phi) is 5.24. The molecule has 0 saturated carbocycles. The molecule has 0 aliphatic carbocycles. The first-order chi connectivity index (χ1) is 13.7. The van der Waals surface area contributed by atoms with Crippen LogP contribution in [-0.4, -0.2) is 0 Å². The van der Waals surface area contributed by atoms with Gasteiger partial charge in [-0.1, -0.05) is 60.7 Å². The van der Waals surface area contributed by atoms with Crippen LogP contribution >= 0.6 is 0 Å². The zero-order valence-corrected chi connectivity index (χ0v) is 16.1. The van der Waals surface area contributed by atoms with E-state index >= 15 is 0 Å². The highest BCUT2D eigenvalue weighted by Gasteiger charge is 2.18. The molecule has 0 unspecified atom stereocenters. The number of hydrogen-bond acceptors (Lipinski definition) is 2. The normalized spacial score (nSPS) is 10.8. The Bertz CT molecular complexity index is 1070. The number of hydrogen-bond donors (Lipinski definition) is 0. The zero-order valence-electron chi connectivity index (χ0n) is 16.1. The van der Waals surface area contributed by atoms with E-state index in [0.717, 1.165) is 44.9 Å². The standard InChI is InChI=1S/C25H23O3/c1-18-13-22-14-23(26-16-20-9-5-3-6-10-20)15-24(25(22)19(2)28-18)27-17-21-11-7-4-8-12-21/h3-15H,16-17H2,1-2H3/q+1/i2+1,19+1. The van der Waals surface area contributed by atoms with Crippen molar-refractivity contribution in [1.82, 2.24) is 0 Å². The van der Waals surface area contributed by atoms with Gasteiger partial charge in [-0.15, -0.1) is 0 Å². The zero-order chi connectivity index (χ0) is 19.3. The smallest absolute Gasteiger partial charge is 0.337 e. The molecule has 140 valence electrons. The van der Waals surface area contributed by atoms with Crippen molar-refractivity contribution >= 4 is 10.8 Å². The van der Waals surface area contributed by atoms with E-state index in [1.807, 2.05) is 68.4 Å². The predicted octanol–water partition coefficient (Wildman–Crippen LogP) is 6.49. The molecule has 0 fully saturated rings. The monoisotopic (exact) mass is 373 g/mol. The number of fused-ring (bicyclic) bond motifs is 1. The highest BCUT2D eigenvalue weighted by Crippen LogP contribution is 2.35. The number of rotatable bonds is 6. The van der Waals surface area contributed by atoms with Crippen molar-refractivity contribution in [2.24, 2.45) is 0 Å². The highest BCUT2D eigenvalue weighted by atomic mass is 16.5. The topological polar surface area (TPSA) is 29.8 Å². The van der Waals surface area contributed by atoms with Gasteiger partial charge in [-0.2, -0.15) is 0 Å². The van der Waals surface area contributed by atoms with Crippen LogP contribution in [0, 0.1) is 13.8 Å². The Hall–Kier alpha value is -3.33. The van der Waals surface area contributed by atoms with E-state index in [2.05, 4.69) is 24.3 Å². The molecule has 0 amide bonds. The van der Waals surface area contributed by atoms with Gasteiger partial charge in [-0.3, -0.25) is 0 Å². The average molecular weight is 373 g/mol. The molecule has 3 aromatic carbocycles. The third-order valence-corrected chi connectivity index (χ3v) is 4.62. The fraction of sp³-hybridized carbons (Fsp3) is 0.160. The lowest BCUT2D eigenvalue weighted by Crippen LogP contribution is -1.99. The van der Waals surface area contributed by atoms with Crippen LogP contribution in [0.2, 0.25) is 0 Å². The van der Waals surface area contributed by atoms with Gasteiger partial charge in [-0.25, -0.2) is 4.42 Å². The van der Waals surface area contributed by atoms with Gasteiger partial charge in [0.2, 0.25) is 0 Å². The van der Waals surface area contributed by atoms with Crippen molar-refractivity contribution in [1.29, 1.82) is 0 Å². The third kappa shape index (κ3) is 4.15. The Balaban J connectivity index is 1.66. The van der Waals surface area contributed by atoms with Crippen LogP contribution in [0.15, 0.2) is 83.3 Å². The summed E-state index contributed by atoms with van der Waals surface area (Å²) in [5.74, 6) is 3.25. The SMILES string of the molecule is Cc1cc2cc(OCc3ccccc3)cc(OCc3ccccc3)c2[13c]([13CH3])[o+]1. The van der Waals surface area contributed by atoms with Crippen molar-refractivity contribution in [3.05, 3.63) is 102 Å². The molecule has 0 aliphatic rings. The molecular weight excluding hydrogens is 350 g/mol. The summed E-state index contributed by atoms with van der Waals surface area (Å²) in [6.45, 7) is 4.93. The second-order valence-corrected chi connectivity index (χ2v) is 6.85. The molecule has 3 heteroatoms. The molecule has 1 aromatic heterocycles. The summed E-state index contributed by atoms with van der Waals surface area (Å²) >= 11 is 0. The molecule has 0 N–H and O–H groups in total. The molecule has 0 bridgehead atoms. The Morgan fingerprint density at radius 2 is 1.32 bits per heavy atom. The Morgan fingerprint density at radius 1 is 0.714 bits per heavy atom. The molecule has 0 atom stereocenters. The number of aryl methyl sites for hydroxylation is 2. The van der Waals surface area contributed by atoms with Crippen molar-refractivity contribution in [2.75, 3.05) is 0 Å². The molecule has 0 saturated heterocycles. The van der Waals surface area contributed by atoms with Crippen LogP contribution in [0.4, 0.5) is 0 Å². The maximum absolute atomic E-state index is 6.18. The third-order valence-electron chi connectivity index (χ3n) is 4.62. The van der Waals surface area contributed by atoms with Gasteiger partial charge in [0.15, 0.2) is 0 Å². The number of ether oxygens (including phenoxy) is 2. The summed E-state index contributed by atoms with van der Waals surface area (Å²) in [6, 6.07) is 26.3. The van der Waals surface area contributed by atoms with Gasteiger partial charge < -0.3 is 9.47 Å². The van der Waals surface area contributed by atoms with E-state index in [-0.39, 0.29) is 0 Å². The summed E-state index contributed by atoms with van der Waals surface area (Å²) in [7, 11) is 0. The number of benzene rings is 3. The molecule has 3 nitrogen and oxygen atoms in total. The van der Waals surface area contributed by atoms with E-state index in [4.69, 9.17) is 13.9 Å². The second kappa shape index (κ2) is 8.13. The predicted molar refractivity (Wildman–Crippen MR) is 112 cm³/mol. The fourth-order valence-electron chi connectivity index (χ4n) is 3.32. The van der Waals surface area contributed by atoms with Gasteiger partial charge in [0.05, 0.1) is 13.8 Å². The summed E-state index contributed by atoms with van der Waals surface area (Å²) in [5, 5.41) is 2.03. The van der Waals surface area contributed by atoms with Gasteiger partial charge in [0, 0.05) is 17.5 Å². The fourth-order valence-corrected chi connectivity index (χ4v) is 3.32. The molecule has 4 aromatic rings. The first-order valence-electron chi connectivity index (χ1n) is 9.40. The van der Waals surface area contributed by atoms with Gasteiger partial charge in [-0.05, 0) is 17.2 Å². The van der Waals surface area contributed by atoms with Gasteiger partial charge in [0.1, 0.15) is 30.1 Å². The van der Waals surface area contributed by atoms with E-state index in [0.29, 0.717) is 13.2 Å². The lowest BCUT2D eigenvalue weighted by molar-refractivity contribution is 0.292. The summed E-state index contributed by atoms with van der Waals surface area (Å²) in [4.78, 5) is 0. The van der Waals surface area contributed by atoms with Crippen LogP contribution in [0.25, 0.3) is 10.8 Å². The Morgan fingerprint density at radius 3 is 1.96 bits per heavy atom. The maximum Gasteiger partial charge on any atom is 0.337 e. The van der Waals surface area contributed by atoms with Crippen molar-refractivity contribution in [3.8, 4) is 11.5 Å². The van der Waals surface area contributed by atoms with Crippen LogP contribution in [0.3, 0.4) is 0 Å². The van der Waals surface area contributed by atoms with Gasteiger partial charge >= 0.3 is 11.5 Å². The molecule has 4 rings (SSSR count). The largest absolute Gasteiger partial charge is 0.489 e. The quantitative estimate of drug-likeness (QED) is 0.286.